The lowest BCUT2D eigenvalue weighted by Crippen LogP contribution is -2.41. The Morgan fingerprint density at radius 3 is 2.52 bits per heavy atom. The first-order chi connectivity index (χ1) is 13.9. The summed E-state index contributed by atoms with van der Waals surface area (Å²) in [6.07, 6.45) is 2.81. The average molecular weight is 430 g/mol. The highest BCUT2D eigenvalue weighted by molar-refractivity contribution is 7.89. The molecule has 1 aromatic heterocycles. The van der Waals surface area contributed by atoms with Crippen LogP contribution in [0.2, 0.25) is 0 Å². The molecule has 1 unspecified atom stereocenters. The van der Waals surface area contributed by atoms with Gasteiger partial charge in [-0.05, 0) is 56.2 Å². The molecule has 6 nitrogen and oxygen atoms in total. The molecule has 0 N–H and O–H groups in total. The Bertz CT molecular complexity index is 1220. The number of amides is 1. The van der Waals surface area contributed by atoms with Gasteiger partial charge in [0.15, 0.2) is 4.80 Å². The van der Waals surface area contributed by atoms with Crippen LogP contribution in [0.1, 0.15) is 36.5 Å². The molecule has 0 spiro atoms. The molecule has 1 fully saturated rings. The van der Waals surface area contributed by atoms with Gasteiger partial charge in [0.2, 0.25) is 10.0 Å². The molecule has 2 heterocycles. The molecule has 1 amide bonds. The molecule has 1 aliphatic heterocycles. The number of benzene rings is 2. The summed E-state index contributed by atoms with van der Waals surface area (Å²) in [4.78, 5) is 17.7. The largest absolute Gasteiger partial charge is 0.319 e. The number of piperidine rings is 1. The van der Waals surface area contributed by atoms with Crippen LogP contribution in [0.4, 0.5) is 0 Å². The number of aryl methyl sites for hydroxylation is 1. The molecule has 2 aromatic carbocycles. The normalized spacial score (nSPS) is 19.0. The third kappa shape index (κ3) is 3.80. The van der Waals surface area contributed by atoms with Gasteiger partial charge in [0.25, 0.3) is 5.91 Å². The van der Waals surface area contributed by atoms with E-state index in [1.54, 1.807) is 16.4 Å². The van der Waals surface area contributed by atoms with Crippen molar-refractivity contribution >= 4 is 37.5 Å². The number of hydrogen-bond donors (Lipinski definition) is 0. The summed E-state index contributed by atoms with van der Waals surface area (Å²) >= 11 is 1.45. The lowest BCUT2D eigenvalue weighted by molar-refractivity contribution is 0.0998. The van der Waals surface area contributed by atoms with E-state index in [2.05, 4.69) is 4.99 Å². The molecule has 1 saturated heterocycles. The minimum absolute atomic E-state index is 0.00183. The molecule has 4 rings (SSSR count). The SMILES string of the molecule is CC1CCCCN1S(=O)(=O)c1ccc(C(=O)N=c2sc3ccccc3n2C)cc1. The van der Waals surface area contributed by atoms with Gasteiger partial charge >= 0.3 is 0 Å². The molecule has 0 saturated carbocycles. The first kappa shape index (κ1) is 20.0. The van der Waals surface area contributed by atoms with E-state index < -0.39 is 10.0 Å². The van der Waals surface area contributed by atoms with Gasteiger partial charge in [-0.2, -0.15) is 9.30 Å². The van der Waals surface area contributed by atoms with E-state index in [1.807, 2.05) is 42.8 Å². The van der Waals surface area contributed by atoms with Crippen LogP contribution in [-0.4, -0.2) is 35.8 Å². The number of para-hydroxylation sites is 1. The average Bonchev–Trinajstić information content (AvgIpc) is 3.04. The summed E-state index contributed by atoms with van der Waals surface area (Å²) in [5, 5.41) is 0. The smallest absolute Gasteiger partial charge is 0.279 e. The van der Waals surface area contributed by atoms with Crippen LogP contribution in [-0.2, 0) is 17.1 Å². The Balaban J connectivity index is 1.62. The summed E-state index contributed by atoms with van der Waals surface area (Å²) in [6.45, 7) is 2.49. The predicted octanol–water partition coefficient (Wildman–Crippen LogP) is 3.54. The third-order valence-electron chi connectivity index (χ3n) is 5.36. The van der Waals surface area contributed by atoms with E-state index in [0.717, 1.165) is 29.5 Å². The second kappa shape index (κ2) is 7.85. The summed E-state index contributed by atoms with van der Waals surface area (Å²) < 4.78 is 30.4. The fourth-order valence-corrected chi connectivity index (χ4v) is 6.39. The standard InChI is InChI=1S/C21H23N3O3S2/c1-15-7-5-6-14-24(15)29(26,27)17-12-10-16(11-13-17)20(25)22-21-23(2)18-8-3-4-9-19(18)28-21/h3-4,8-13,15H,5-7,14H2,1-2H3. The van der Waals surface area contributed by atoms with E-state index in [1.165, 1.54) is 23.5 Å². The van der Waals surface area contributed by atoms with Crippen LogP contribution in [0.15, 0.2) is 58.4 Å². The van der Waals surface area contributed by atoms with Gasteiger partial charge in [0.1, 0.15) is 0 Å². The first-order valence-electron chi connectivity index (χ1n) is 9.63. The molecule has 3 aromatic rings. The van der Waals surface area contributed by atoms with Gasteiger partial charge in [-0.1, -0.05) is 29.9 Å². The lowest BCUT2D eigenvalue weighted by Gasteiger charge is -2.32. The van der Waals surface area contributed by atoms with Gasteiger partial charge in [0.05, 0.1) is 15.1 Å². The zero-order valence-electron chi connectivity index (χ0n) is 16.4. The molecule has 0 aliphatic carbocycles. The van der Waals surface area contributed by atoms with Crippen molar-refractivity contribution in [1.82, 2.24) is 8.87 Å². The van der Waals surface area contributed by atoms with Crippen molar-refractivity contribution in [3.05, 3.63) is 58.9 Å². The highest BCUT2D eigenvalue weighted by Crippen LogP contribution is 2.25. The van der Waals surface area contributed by atoms with Crippen LogP contribution in [0.3, 0.4) is 0 Å². The quantitative estimate of drug-likeness (QED) is 0.639. The fourth-order valence-electron chi connectivity index (χ4n) is 3.67. The highest BCUT2D eigenvalue weighted by Gasteiger charge is 2.30. The molecule has 8 heteroatoms. The minimum Gasteiger partial charge on any atom is -0.319 e. The summed E-state index contributed by atoms with van der Waals surface area (Å²) in [6, 6.07) is 14.0. The third-order valence-corrected chi connectivity index (χ3v) is 8.50. The van der Waals surface area contributed by atoms with Crippen LogP contribution in [0.25, 0.3) is 10.2 Å². The van der Waals surface area contributed by atoms with Gasteiger partial charge < -0.3 is 4.57 Å². The summed E-state index contributed by atoms with van der Waals surface area (Å²) in [5.74, 6) is -0.387. The van der Waals surface area contributed by atoms with Gasteiger partial charge in [-0.3, -0.25) is 4.79 Å². The molecular weight excluding hydrogens is 406 g/mol. The zero-order chi connectivity index (χ0) is 20.6. The Kier molecular flexibility index (Phi) is 5.42. The second-order valence-corrected chi connectivity index (χ2v) is 10.2. The van der Waals surface area contributed by atoms with E-state index in [4.69, 9.17) is 0 Å². The predicted molar refractivity (Wildman–Crippen MR) is 114 cm³/mol. The number of rotatable bonds is 3. The Hall–Kier alpha value is -2.29. The Morgan fingerprint density at radius 2 is 1.83 bits per heavy atom. The van der Waals surface area contributed by atoms with Crippen molar-refractivity contribution in [3.63, 3.8) is 0 Å². The molecule has 152 valence electrons. The molecular formula is C21H23N3O3S2. The number of fused-ring (bicyclic) bond motifs is 1. The van der Waals surface area contributed by atoms with Crippen molar-refractivity contribution in [2.75, 3.05) is 6.54 Å². The number of carbonyl (C=O) groups excluding carboxylic acids is 1. The lowest BCUT2D eigenvalue weighted by atomic mass is 10.1. The first-order valence-corrected chi connectivity index (χ1v) is 11.9. The van der Waals surface area contributed by atoms with Gasteiger partial charge in [-0.25, -0.2) is 8.42 Å². The van der Waals surface area contributed by atoms with Crippen molar-refractivity contribution in [2.24, 2.45) is 12.0 Å². The van der Waals surface area contributed by atoms with E-state index in [-0.39, 0.29) is 16.8 Å². The topological polar surface area (TPSA) is 71.7 Å². The van der Waals surface area contributed by atoms with Crippen LogP contribution < -0.4 is 4.80 Å². The summed E-state index contributed by atoms with van der Waals surface area (Å²) in [7, 11) is -1.67. The maximum Gasteiger partial charge on any atom is 0.279 e. The van der Waals surface area contributed by atoms with Crippen LogP contribution in [0.5, 0.6) is 0 Å². The van der Waals surface area contributed by atoms with E-state index >= 15 is 0 Å². The van der Waals surface area contributed by atoms with Crippen molar-refractivity contribution in [2.45, 2.75) is 37.1 Å². The number of carbonyl (C=O) groups is 1. The molecule has 0 bridgehead atoms. The number of nitrogens with zero attached hydrogens (tertiary/aromatic N) is 3. The van der Waals surface area contributed by atoms with Gasteiger partial charge in [-0.15, -0.1) is 0 Å². The number of sulfonamides is 1. The number of aromatic nitrogens is 1. The second-order valence-electron chi connectivity index (χ2n) is 7.31. The minimum atomic E-state index is -3.55. The molecule has 29 heavy (non-hydrogen) atoms. The van der Waals surface area contributed by atoms with Crippen molar-refractivity contribution in [1.29, 1.82) is 0 Å². The van der Waals surface area contributed by atoms with Crippen molar-refractivity contribution in [3.8, 4) is 0 Å². The monoisotopic (exact) mass is 429 g/mol. The Labute approximate surface area is 174 Å². The summed E-state index contributed by atoms with van der Waals surface area (Å²) in [5.41, 5.74) is 1.38. The maximum absolute atomic E-state index is 12.9. The maximum atomic E-state index is 12.9. The number of thiazole rings is 1. The molecule has 1 atom stereocenters. The van der Waals surface area contributed by atoms with Crippen molar-refractivity contribution < 1.29 is 13.2 Å². The van der Waals surface area contributed by atoms with Crippen LogP contribution >= 0.6 is 11.3 Å². The molecule has 1 aliphatic rings. The fraction of sp³-hybridized carbons (Fsp3) is 0.333. The Morgan fingerprint density at radius 1 is 1.10 bits per heavy atom. The van der Waals surface area contributed by atoms with Gasteiger partial charge in [0, 0.05) is 25.2 Å². The van der Waals surface area contributed by atoms with E-state index in [9.17, 15) is 13.2 Å². The van der Waals surface area contributed by atoms with Crippen LogP contribution in [0, 0.1) is 0 Å². The highest BCUT2D eigenvalue weighted by atomic mass is 32.2. The zero-order valence-corrected chi connectivity index (χ0v) is 18.0. The van der Waals surface area contributed by atoms with E-state index in [0.29, 0.717) is 16.9 Å². The number of hydrogen-bond acceptors (Lipinski definition) is 4. The molecule has 0 radical (unpaired) electrons.